The third kappa shape index (κ3) is 3.90. The van der Waals surface area contributed by atoms with Crippen LogP contribution >= 0.6 is 0 Å². The van der Waals surface area contributed by atoms with Crippen molar-refractivity contribution in [1.29, 1.82) is 0 Å². The number of nitrogens with zero attached hydrogens (tertiary/aromatic N) is 6. The van der Waals surface area contributed by atoms with Gasteiger partial charge in [-0.1, -0.05) is 12.1 Å². The summed E-state index contributed by atoms with van der Waals surface area (Å²) in [7, 11) is 0. The fourth-order valence-electron chi connectivity index (χ4n) is 3.35. The predicted octanol–water partition coefficient (Wildman–Crippen LogP) is 3.66. The van der Waals surface area contributed by atoms with Crippen molar-refractivity contribution in [3.8, 4) is 0 Å². The normalized spacial score (nSPS) is 14.1. The molecule has 1 aliphatic carbocycles. The van der Waals surface area contributed by atoms with E-state index in [1.165, 1.54) is 23.1 Å². The number of alkyl halides is 3. The van der Waals surface area contributed by atoms with Crippen molar-refractivity contribution >= 4 is 17.5 Å². The molecule has 1 aliphatic rings. The maximum atomic E-state index is 13.5. The summed E-state index contributed by atoms with van der Waals surface area (Å²) in [6.07, 6.45) is -0.761. The first-order chi connectivity index (χ1) is 15.3. The number of anilines is 1. The van der Waals surface area contributed by atoms with Crippen molar-refractivity contribution in [3.05, 3.63) is 71.2 Å². The second-order valence-electron chi connectivity index (χ2n) is 7.48. The van der Waals surface area contributed by atoms with Gasteiger partial charge in [0.1, 0.15) is 23.4 Å². The first-order valence-corrected chi connectivity index (χ1v) is 9.69. The number of hydrogen-bond donors (Lipinski definition) is 1. The average molecular weight is 445 g/mol. The van der Waals surface area contributed by atoms with Crippen LogP contribution in [0.5, 0.6) is 0 Å². The molecule has 1 amide bonds. The van der Waals surface area contributed by atoms with Gasteiger partial charge in [0.15, 0.2) is 5.65 Å². The largest absolute Gasteiger partial charge is 0.433 e. The minimum absolute atomic E-state index is 0.0490. The van der Waals surface area contributed by atoms with Crippen molar-refractivity contribution in [2.75, 3.05) is 5.32 Å². The maximum absolute atomic E-state index is 13.5. The summed E-state index contributed by atoms with van der Waals surface area (Å²) in [5.74, 6) is -1.23. The number of fused-ring (bicyclic) bond motifs is 1. The van der Waals surface area contributed by atoms with Gasteiger partial charge in [-0.25, -0.2) is 23.6 Å². The van der Waals surface area contributed by atoms with Crippen LogP contribution in [0.25, 0.3) is 5.65 Å². The van der Waals surface area contributed by atoms with Gasteiger partial charge in [0.2, 0.25) is 5.95 Å². The number of rotatable bonds is 5. The van der Waals surface area contributed by atoms with Gasteiger partial charge in [0.25, 0.3) is 5.91 Å². The topological polar surface area (TPSA) is 90.0 Å². The van der Waals surface area contributed by atoms with E-state index in [0.29, 0.717) is 10.1 Å². The van der Waals surface area contributed by atoms with Gasteiger partial charge >= 0.3 is 6.18 Å². The van der Waals surface area contributed by atoms with Gasteiger partial charge in [0.05, 0.1) is 12.7 Å². The van der Waals surface area contributed by atoms with E-state index in [1.54, 1.807) is 12.1 Å². The van der Waals surface area contributed by atoms with E-state index in [4.69, 9.17) is 0 Å². The molecule has 164 valence electrons. The standard InChI is InChI=1S/C20H15F4N7O/c21-13-3-1-2-11(6-13)9-30-10-25-19(29-30)28-18(32)14-8-26-31-16(20(22,23)24)7-15(12-4-5-12)27-17(14)31/h1-3,6-8,10,12H,4-5,9H2,(H,28,29,32). The van der Waals surface area contributed by atoms with Gasteiger partial charge in [-0.15, -0.1) is 5.10 Å². The maximum Gasteiger partial charge on any atom is 0.433 e. The molecule has 1 N–H and O–H groups in total. The first-order valence-electron chi connectivity index (χ1n) is 9.69. The Morgan fingerprint density at radius 1 is 1.22 bits per heavy atom. The van der Waals surface area contributed by atoms with E-state index in [9.17, 15) is 22.4 Å². The van der Waals surface area contributed by atoms with Gasteiger partial charge in [-0.2, -0.15) is 18.3 Å². The van der Waals surface area contributed by atoms with Crippen LogP contribution in [0.4, 0.5) is 23.5 Å². The third-order valence-electron chi connectivity index (χ3n) is 5.02. The molecular weight excluding hydrogens is 430 g/mol. The molecule has 0 atom stereocenters. The van der Waals surface area contributed by atoms with Crippen LogP contribution in [0, 0.1) is 5.82 Å². The smallest absolute Gasteiger partial charge is 0.289 e. The Morgan fingerprint density at radius 3 is 2.75 bits per heavy atom. The summed E-state index contributed by atoms with van der Waals surface area (Å²) in [5, 5.41) is 10.3. The Kier molecular flexibility index (Phi) is 4.64. The Labute approximate surface area is 177 Å². The quantitative estimate of drug-likeness (QED) is 0.474. The summed E-state index contributed by atoms with van der Waals surface area (Å²) in [5.41, 5.74) is -0.359. The molecule has 0 unspecified atom stereocenters. The molecule has 3 heterocycles. The zero-order valence-corrected chi connectivity index (χ0v) is 16.3. The lowest BCUT2D eigenvalue weighted by molar-refractivity contribution is -0.142. The molecule has 8 nitrogen and oxygen atoms in total. The fraction of sp³-hybridized carbons (Fsp3) is 0.250. The molecule has 0 spiro atoms. The molecular formula is C20H15F4N7O. The number of nitrogens with one attached hydrogen (secondary N) is 1. The van der Waals surface area contributed by atoms with E-state index in [0.717, 1.165) is 25.1 Å². The molecule has 1 aromatic carbocycles. The highest BCUT2D eigenvalue weighted by atomic mass is 19.4. The Hall–Kier alpha value is -3.83. The zero-order valence-electron chi connectivity index (χ0n) is 16.3. The summed E-state index contributed by atoms with van der Waals surface area (Å²) in [4.78, 5) is 21.0. The Bertz CT molecular complexity index is 1320. The zero-order chi connectivity index (χ0) is 22.5. The number of halogens is 4. The van der Waals surface area contributed by atoms with Gasteiger partial charge in [0, 0.05) is 11.6 Å². The highest BCUT2D eigenvalue weighted by Gasteiger charge is 2.38. The number of carbonyl (C=O) groups excluding carboxylic acids is 1. The second kappa shape index (κ2) is 7.39. The molecule has 0 radical (unpaired) electrons. The SMILES string of the molecule is O=C(Nc1ncn(Cc2cccc(F)c2)n1)c1cnn2c(C(F)(F)F)cc(C3CC3)nc12. The van der Waals surface area contributed by atoms with Crippen molar-refractivity contribution < 1.29 is 22.4 Å². The molecule has 32 heavy (non-hydrogen) atoms. The van der Waals surface area contributed by atoms with E-state index >= 15 is 0 Å². The van der Waals surface area contributed by atoms with Gasteiger partial charge in [-0.05, 0) is 36.6 Å². The molecule has 0 bridgehead atoms. The molecule has 0 aliphatic heterocycles. The van der Waals surface area contributed by atoms with Crippen LogP contribution < -0.4 is 5.32 Å². The number of hydrogen-bond acceptors (Lipinski definition) is 5. The van der Waals surface area contributed by atoms with Crippen LogP contribution in [-0.2, 0) is 12.7 Å². The average Bonchev–Trinajstić information content (AvgIpc) is 3.35. The minimum atomic E-state index is -4.65. The highest BCUT2D eigenvalue weighted by molar-refractivity contribution is 6.07. The van der Waals surface area contributed by atoms with Crippen molar-refractivity contribution in [2.24, 2.45) is 0 Å². The lowest BCUT2D eigenvalue weighted by Crippen LogP contribution is -2.16. The fourth-order valence-corrected chi connectivity index (χ4v) is 3.35. The van der Waals surface area contributed by atoms with Crippen molar-refractivity contribution in [3.63, 3.8) is 0 Å². The minimum Gasteiger partial charge on any atom is -0.289 e. The van der Waals surface area contributed by atoms with Crippen LogP contribution in [0.1, 0.15) is 46.1 Å². The number of amides is 1. The monoisotopic (exact) mass is 445 g/mol. The van der Waals surface area contributed by atoms with E-state index < -0.39 is 17.8 Å². The summed E-state index contributed by atoms with van der Waals surface area (Å²) >= 11 is 0. The van der Waals surface area contributed by atoms with Gasteiger partial charge < -0.3 is 0 Å². The van der Waals surface area contributed by atoms with Gasteiger partial charge in [-0.3, -0.25) is 10.1 Å². The molecule has 0 saturated heterocycles. The molecule has 4 aromatic rings. The highest BCUT2D eigenvalue weighted by Crippen LogP contribution is 2.41. The van der Waals surface area contributed by atoms with Crippen LogP contribution in [0.15, 0.2) is 42.9 Å². The number of carbonyl (C=O) groups is 1. The van der Waals surface area contributed by atoms with Crippen molar-refractivity contribution in [2.45, 2.75) is 31.5 Å². The van der Waals surface area contributed by atoms with E-state index in [1.807, 2.05) is 0 Å². The number of benzene rings is 1. The first kappa shape index (κ1) is 20.1. The Morgan fingerprint density at radius 2 is 2.03 bits per heavy atom. The molecule has 3 aromatic heterocycles. The molecule has 1 saturated carbocycles. The second-order valence-corrected chi connectivity index (χ2v) is 7.48. The number of aromatic nitrogens is 6. The summed E-state index contributed by atoms with van der Waals surface area (Å²) in [6.45, 7) is 0.221. The Balaban J connectivity index is 1.41. The van der Waals surface area contributed by atoms with E-state index in [-0.39, 0.29) is 41.1 Å². The summed E-state index contributed by atoms with van der Waals surface area (Å²) < 4.78 is 55.9. The summed E-state index contributed by atoms with van der Waals surface area (Å²) in [6, 6.07) is 6.92. The lowest BCUT2D eigenvalue weighted by atomic mass is 10.2. The third-order valence-corrected chi connectivity index (χ3v) is 5.02. The van der Waals surface area contributed by atoms with Crippen LogP contribution in [0.3, 0.4) is 0 Å². The van der Waals surface area contributed by atoms with E-state index in [2.05, 4.69) is 25.5 Å². The predicted molar refractivity (Wildman–Crippen MR) is 103 cm³/mol. The lowest BCUT2D eigenvalue weighted by Gasteiger charge is -2.11. The molecule has 1 fully saturated rings. The van der Waals surface area contributed by atoms with Crippen molar-refractivity contribution in [1.82, 2.24) is 29.4 Å². The molecule has 5 rings (SSSR count). The molecule has 12 heteroatoms. The van der Waals surface area contributed by atoms with Crippen LogP contribution in [0.2, 0.25) is 0 Å². The van der Waals surface area contributed by atoms with Crippen LogP contribution in [-0.4, -0.2) is 35.3 Å².